The molecule has 1 atom stereocenters. The summed E-state index contributed by atoms with van der Waals surface area (Å²) >= 11 is 0. The Kier molecular flexibility index (Phi) is 5.58. The minimum Gasteiger partial charge on any atom is -0.456 e. The zero-order valence-corrected chi connectivity index (χ0v) is 28.1. The molecule has 0 aliphatic heterocycles. The number of para-hydroxylation sites is 4. The largest absolute Gasteiger partial charge is 0.456 e. The van der Waals surface area contributed by atoms with Crippen molar-refractivity contribution in [2.75, 3.05) is 4.90 Å². The predicted molar refractivity (Wildman–Crippen MR) is 215 cm³/mol. The number of aromatic nitrogens is 1. The molecule has 0 spiro atoms. The van der Waals surface area contributed by atoms with Crippen LogP contribution < -0.4 is 15.5 Å². The van der Waals surface area contributed by atoms with E-state index in [2.05, 4.69) is 155 Å². The van der Waals surface area contributed by atoms with Gasteiger partial charge in [0.25, 0.3) is 0 Å². The summed E-state index contributed by atoms with van der Waals surface area (Å²) in [5, 5.41) is 9.79. The first kappa shape index (κ1) is 28.0. The molecule has 0 saturated heterocycles. The molecule has 1 unspecified atom stereocenters. The van der Waals surface area contributed by atoms with Crippen molar-refractivity contribution < 1.29 is 8.83 Å². The SMILES string of the molecule is C1=c2oc3ccccc3c2=CCC1N(c1ccc(-c2ccc3c(c2)c2cccc4c5ccccc5n3c42)cc1)c1ccc2c(c1)oc1ccccc12. The van der Waals surface area contributed by atoms with Gasteiger partial charge in [0.1, 0.15) is 22.2 Å². The highest BCUT2D eigenvalue weighted by atomic mass is 16.3. The first-order chi connectivity index (χ1) is 25.8. The maximum Gasteiger partial charge on any atom is 0.137 e. The van der Waals surface area contributed by atoms with Crippen molar-refractivity contribution in [2.24, 2.45) is 0 Å². The van der Waals surface area contributed by atoms with Crippen LogP contribution in [-0.4, -0.2) is 10.4 Å². The van der Waals surface area contributed by atoms with Gasteiger partial charge < -0.3 is 18.1 Å². The first-order valence-electron chi connectivity index (χ1n) is 17.9. The van der Waals surface area contributed by atoms with E-state index in [1.807, 2.05) is 18.2 Å². The van der Waals surface area contributed by atoms with Crippen LogP contribution in [0.2, 0.25) is 0 Å². The van der Waals surface area contributed by atoms with E-state index in [0.29, 0.717) is 0 Å². The highest BCUT2D eigenvalue weighted by Gasteiger charge is 2.23. The summed E-state index contributed by atoms with van der Waals surface area (Å²) < 4.78 is 15.2. The number of anilines is 2. The average molecular weight is 667 g/mol. The van der Waals surface area contributed by atoms with Crippen molar-refractivity contribution in [3.05, 3.63) is 162 Å². The summed E-state index contributed by atoms with van der Waals surface area (Å²) in [5.74, 6) is 0. The van der Waals surface area contributed by atoms with Gasteiger partial charge in [-0.25, -0.2) is 0 Å². The topological polar surface area (TPSA) is 33.9 Å². The lowest BCUT2D eigenvalue weighted by atomic mass is 10.00. The van der Waals surface area contributed by atoms with Gasteiger partial charge in [-0.05, 0) is 78.2 Å². The minimum absolute atomic E-state index is 0.0471. The van der Waals surface area contributed by atoms with Crippen LogP contribution in [0, 0.1) is 0 Å². The standard InChI is InChI=1S/C48H30N2O2/c1-4-13-42-34(8-1)39-11-7-12-40-41-26-30(18-25-43(41)50(42)48(39)40)29-16-19-31(20-17-29)49(32-21-23-37-35-9-2-5-14-44(35)51-46(37)27-32)33-22-24-38-36-10-3-6-15-45(36)52-47(38)28-33/h1-21,23-28,33H,22H2. The Bertz CT molecular complexity index is 3340. The Morgan fingerprint density at radius 3 is 2.00 bits per heavy atom. The third kappa shape index (κ3) is 3.86. The molecule has 0 amide bonds. The Morgan fingerprint density at radius 1 is 0.481 bits per heavy atom. The van der Waals surface area contributed by atoms with Crippen molar-refractivity contribution >= 4 is 94.5 Å². The molecular formula is C48H30N2O2. The highest BCUT2D eigenvalue weighted by Crippen LogP contribution is 2.41. The van der Waals surface area contributed by atoms with Crippen LogP contribution in [0.3, 0.4) is 0 Å². The summed E-state index contributed by atoms with van der Waals surface area (Å²) in [6.45, 7) is 0. The fourth-order valence-corrected chi connectivity index (χ4v) is 8.90. The number of hydrogen-bond acceptors (Lipinski definition) is 3. The van der Waals surface area contributed by atoms with Crippen LogP contribution >= 0.6 is 0 Å². The Labute approximate surface area is 297 Å². The van der Waals surface area contributed by atoms with E-state index in [4.69, 9.17) is 8.83 Å². The monoisotopic (exact) mass is 666 g/mol. The molecule has 0 bridgehead atoms. The molecule has 244 valence electrons. The number of benzene rings is 7. The second kappa shape index (κ2) is 10.4. The number of nitrogens with zero attached hydrogens (tertiary/aromatic N) is 2. The van der Waals surface area contributed by atoms with E-state index in [9.17, 15) is 0 Å². The molecule has 0 N–H and O–H groups in total. The zero-order valence-electron chi connectivity index (χ0n) is 28.1. The van der Waals surface area contributed by atoms with E-state index in [0.717, 1.165) is 50.7 Å². The van der Waals surface area contributed by atoms with Crippen LogP contribution in [0.1, 0.15) is 6.42 Å². The third-order valence-electron chi connectivity index (χ3n) is 11.2. The van der Waals surface area contributed by atoms with Gasteiger partial charge in [-0.1, -0.05) is 97.1 Å². The van der Waals surface area contributed by atoms with Gasteiger partial charge in [-0.2, -0.15) is 0 Å². The van der Waals surface area contributed by atoms with Gasteiger partial charge in [0.2, 0.25) is 0 Å². The van der Waals surface area contributed by atoms with Crippen LogP contribution in [0.15, 0.2) is 160 Å². The van der Waals surface area contributed by atoms with E-state index < -0.39 is 0 Å². The lowest BCUT2D eigenvalue weighted by Gasteiger charge is -2.32. The molecule has 0 saturated carbocycles. The first-order valence-corrected chi connectivity index (χ1v) is 17.9. The Morgan fingerprint density at radius 2 is 1.13 bits per heavy atom. The van der Waals surface area contributed by atoms with Crippen LogP contribution in [0.25, 0.3) is 94.3 Å². The quantitative estimate of drug-likeness (QED) is 0.187. The predicted octanol–water partition coefficient (Wildman–Crippen LogP) is 11.3. The van der Waals surface area contributed by atoms with E-state index >= 15 is 0 Å². The molecule has 1 aliphatic rings. The van der Waals surface area contributed by atoms with Crippen molar-refractivity contribution in [1.29, 1.82) is 0 Å². The summed E-state index contributed by atoms with van der Waals surface area (Å²) in [5.41, 5.74) is 12.0. The van der Waals surface area contributed by atoms with Gasteiger partial charge in [0, 0.05) is 60.4 Å². The molecule has 12 rings (SSSR count). The molecule has 1 aliphatic carbocycles. The minimum atomic E-state index is 0.0471. The van der Waals surface area contributed by atoms with Crippen LogP contribution in [0.4, 0.5) is 11.4 Å². The summed E-state index contributed by atoms with van der Waals surface area (Å²) in [6, 6.07) is 54.6. The summed E-state index contributed by atoms with van der Waals surface area (Å²) in [4.78, 5) is 2.42. The Balaban J connectivity index is 0.990. The van der Waals surface area contributed by atoms with Gasteiger partial charge in [0.15, 0.2) is 0 Å². The van der Waals surface area contributed by atoms with Gasteiger partial charge in [-0.3, -0.25) is 0 Å². The number of rotatable bonds is 4. The zero-order chi connectivity index (χ0) is 33.9. The maximum absolute atomic E-state index is 6.39. The fraction of sp³-hybridized carbons (Fsp3) is 0.0417. The molecular weight excluding hydrogens is 637 g/mol. The second-order valence-corrected chi connectivity index (χ2v) is 14.0. The molecule has 11 aromatic rings. The molecule has 7 aromatic carbocycles. The van der Waals surface area contributed by atoms with Crippen molar-refractivity contribution in [3.63, 3.8) is 0 Å². The van der Waals surface area contributed by atoms with Crippen LogP contribution in [-0.2, 0) is 0 Å². The molecule has 0 radical (unpaired) electrons. The lowest BCUT2D eigenvalue weighted by molar-refractivity contribution is 0.568. The van der Waals surface area contributed by atoms with Gasteiger partial charge in [0.05, 0.1) is 22.6 Å². The van der Waals surface area contributed by atoms with Crippen molar-refractivity contribution in [1.82, 2.24) is 4.40 Å². The van der Waals surface area contributed by atoms with E-state index in [1.54, 1.807) is 0 Å². The molecule has 0 fully saturated rings. The van der Waals surface area contributed by atoms with E-state index in [-0.39, 0.29) is 6.04 Å². The molecule has 4 nitrogen and oxygen atoms in total. The second-order valence-electron chi connectivity index (χ2n) is 14.0. The third-order valence-corrected chi connectivity index (χ3v) is 11.2. The lowest BCUT2D eigenvalue weighted by Crippen LogP contribution is -2.36. The molecule has 52 heavy (non-hydrogen) atoms. The smallest absolute Gasteiger partial charge is 0.137 e. The van der Waals surface area contributed by atoms with Crippen molar-refractivity contribution in [3.8, 4) is 11.1 Å². The number of furan rings is 2. The summed E-state index contributed by atoms with van der Waals surface area (Å²) in [7, 11) is 0. The molecule has 4 aromatic heterocycles. The number of hydrogen-bond donors (Lipinski definition) is 0. The van der Waals surface area contributed by atoms with Crippen LogP contribution in [0.5, 0.6) is 0 Å². The summed E-state index contributed by atoms with van der Waals surface area (Å²) in [6.07, 6.45) is 5.46. The average Bonchev–Trinajstić information content (AvgIpc) is 3.95. The molecule has 4 heteroatoms. The maximum atomic E-state index is 6.39. The molecule has 4 heterocycles. The van der Waals surface area contributed by atoms with E-state index in [1.165, 1.54) is 59.8 Å². The van der Waals surface area contributed by atoms with Gasteiger partial charge in [-0.15, -0.1) is 0 Å². The Hall–Kier alpha value is -6.78. The van der Waals surface area contributed by atoms with Crippen molar-refractivity contribution in [2.45, 2.75) is 12.5 Å². The van der Waals surface area contributed by atoms with Gasteiger partial charge >= 0.3 is 0 Å². The highest BCUT2D eigenvalue weighted by molar-refractivity contribution is 6.23. The number of fused-ring (bicyclic) bond motifs is 12. The fourth-order valence-electron chi connectivity index (χ4n) is 8.90. The normalized spacial score (nSPS) is 14.6.